The second kappa shape index (κ2) is 7.19. The zero-order valence-electron chi connectivity index (χ0n) is 14.8. The molecule has 2 aromatic rings. The standard InChI is InChI=1S/C17H24BrN5O2/c1-17(2,3)25-16(24)21-12-6-4-11(5-7-12)20-14-8-9-15-19-10-13(18)23(15)22-14/h8-12H,4-7H2,1-3H3,(H,20,22)(H,21,24). The Balaban J connectivity index is 1.50. The summed E-state index contributed by atoms with van der Waals surface area (Å²) < 4.78 is 7.91. The highest BCUT2D eigenvalue weighted by Crippen LogP contribution is 2.22. The van der Waals surface area contributed by atoms with Crippen LogP contribution in [0, 0.1) is 0 Å². The van der Waals surface area contributed by atoms with Crippen molar-refractivity contribution in [2.75, 3.05) is 5.32 Å². The van der Waals surface area contributed by atoms with Crippen molar-refractivity contribution >= 4 is 33.5 Å². The van der Waals surface area contributed by atoms with E-state index >= 15 is 0 Å². The minimum atomic E-state index is -0.464. The highest BCUT2D eigenvalue weighted by Gasteiger charge is 2.25. The molecule has 25 heavy (non-hydrogen) atoms. The van der Waals surface area contributed by atoms with Crippen molar-refractivity contribution in [1.82, 2.24) is 19.9 Å². The Kier molecular flexibility index (Phi) is 5.17. The minimum absolute atomic E-state index is 0.172. The fraction of sp³-hybridized carbons (Fsp3) is 0.588. The van der Waals surface area contributed by atoms with E-state index in [1.54, 1.807) is 10.7 Å². The molecule has 3 rings (SSSR count). The Bertz CT molecular complexity index is 747. The maximum atomic E-state index is 11.9. The summed E-state index contributed by atoms with van der Waals surface area (Å²) in [5, 5.41) is 11.0. The average molecular weight is 410 g/mol. The van der Waals surface area contributed by atoms with Gasteiger partial charge < -0.3 is 15.4 Å². The van der Waals surface area contributed by atoms with Gasteiger partial charge in [-0.2, -0.15) is 0 Å². The summed E-state index contributed by atoms with van der Waals surface area (Å²) in [7, 11) is 0. The van der Waals surface area contributed by atoms with Crippen molar-refractivity contribution in [2.24, 2.45) is 0 Å². The summed E-state index contributed by atoms with van der Waals surface area (Å²) in [5.41, 5.74) is 0.345. The number of imidazole rings is 1. The number of rotatable bonds is 3. The highest BCUT2D eigenvalue weighted by atomic mass is 79.9. The second-order valence-corrected chi connectivity index (χ2v) is 8.22. The lowest BCUT2D eigenvalue weighted by Gasteiger charge is -2.30. The fourth-order valence-corrected chi connectivity index (χ4v) is 3.35. The average Bonchev–Trinajstić information content (AvgIpc) is 2.88. The Labute approximate surface area is 155 Å². The van der Waals surface area contributed by atoms with E-state index in [0.717, 1.165) is 41.8 Å². The van der Waals surface area contributed by atoms with Crippen molar-refractivity contribution in [3.63, 3.8) is 0 Å². The molecule has 2 N–H and O–H groups in total. The lowest BCUT2D eigenvalue weighted by atomic mass is 9.91. The molecule has 0 saturated heterocycles. The van der Waals surface area contributed by atoms with Gasteiger partial charge in [-0.3, -0.25) is 0 Å². The monoisotopic (exact) mass is 409 g/mol. The smallest absolute Gasteiger partial charge is 0.407 e. The van der Waals surface area contributed by atoms with Crippen molar-refractivity contribution in [3.05, 3.63) is 22.9 Å². The van der Waals surface area contributed by atoms with Crippen LogP contribution in [-0.2, 0) is 4.74 Å². The molecular weight excluding hydrogens is 386 g/mol. The molecule has 0 unspecified atom stereocenters. The van der Waals surface area contributed by atoms with Crippen LogP contribution in [0.4, 0.5) is 10.6 Å². The molecule has 0 aliphatic heterocycles. The van der Waals surface area contributed by atoms with Gasteiger partial charge in [-0.1, -0.05) is 0 Å². The number of fused-ring (bicyclic) bond motifs is 1. The third kappa shape index (κ3) is 4.84. The van der Waals surface area contributed by atoms with E-state index < -0.39 is 5.60 Å². The molecule has 0 spiro atoms. The molecule has 1 aliphatic rings. The SMILES string of the molecule is CC(C)(C)OC(=O)NC1CCC(Nc2ccc3ncc(Br)n3n2)CC1. The third-order valence-corrected chi connectivity index (χ3v) is 4.66. The molecule has 0 atom stereocenters. The number of carbonyl (C=O) groups is 1. The zero-order valence-corrected chi connectivity index (χ0v) is 16.3. The first kappa shape index (κ1) is 18.0. The maximum Gasteiger partial charge on any atom is 0.407 e. The summed E-state index contributed by atoms with van der Waals surface area (Å²) in [5.74, 6) is 0.828. The van der Waals surface area contributed by atoms with Crippen LogP contribution in [-0.4, -0.2) is 38.4 Å². The number of hydrogen-bond donors (Lipinski definition) is 2. The first-order valence-corrected chi connectivity index (χ1v) is 9.36. The number of anilines is 1. The Morgan fingerprint density at radius 3 is 2.60 bits per heavy atom. The number of alkyl carbamates (subject to hydrolysis) is 1. The van der Waals surface area contributed by atoms with Crippen LogP contribution < -0.4 is 10.6 Å². The number of amides is 1. The number of hydrogen-bond acceptors (Lipinski definition) is 5. The molecule has 2 heterocycles. The number of aromatic nitrogens is 3. The van der Waals surface area contributed by atoms with Crippen LogP contribution in [0.2, 0.25) is 0 Å². The largest absolute Gasteiger partial charge is 0.444 e. The first-order chi connectivity index (χ1) is 11.8. The lowest BCUT2D eigenvalue weighted by Crippen LogP contribution is -2.42. The number of ether oxygens (including phenoxy) is 1. The summed E-state index contributed by atoms with van der Waals surface area (Å²) in [4.78, 5) is 16.1. The van der Waals surface area contributed by atoms with Gasteiger partial charge >= 0.3 is 6.09 Å². The summed E-state index contributed by atoms with van der Waals surface area (Å²) in [6, 6.07) is 4.41. The van der Waals surface area contributed by atoms with Gasteiger partial charge in [-0.25, -0.2) is 14.3 Å². The minimum Gasteiger partial charge on any atom is -0.444 e. The predicted octanol–water partition coefficient (Wildman–Crippen LogP) is 3.74. The van der Waals surface area contributed by atoms with Crippen LogP contribution in [0.3, 0.4) is 0 Å². The van der Waals surface area contributed by atoms with Crippen LogP contribution in [0.15, 0.2) is 22.9 Å². The van der Waals surface area contributed by atoms with Crippen molar-refractivity contribution < 1.29 is 9.53 Å². The van der Waals surface area contributed by atoms with Gasteiger partial charge in [0.1, 0.15) is 16.0 Å². The van der Waals surface area contributed by atoms with E-state index in [2.05, 4.69) is 36.6 Å². The molecule has 2 aromatic heterocycles. The Morgan fingerprint density at radius 2 is 1.92 bits per heavy atom. The number of carbonyl (C=O) groups excluding carboxylic acids is 1. The molecule has 1 amide bonds. The van der Waals surface area contributed by atoms with Gasteiger partial charge in [0.15, 0.2) is 5.65 Å². The highest BCUT2D eigenvalue weighted by molar-refractivity contribution is 9.10. The van der Waals surface area contributed by atoms with E-state index in [1.807, 2.05) is 32.9 Å². The Morgan fingerprint density at radius 1 is 1.24 bits per heavy atom. The molecule has 136 valence electrons. The molecule has 1 fully saturated rings. The van der Waals surface area contributed by atoms with Gasteiger partial charge in [-0.15, -0.1) is 5.10 Å². The third-order valence-electron chi connectivity index (χ3n) is 4.12. The van der Waals surface area contributed by atoms with E-state index in [1.165, 1.54) is 0 Å². The molecule has 1 saturated carbocycles. The molecule has 0 radical (unpaired) electrons. The first-order valence-electron chi connectivity index (χ1n) is 8.56. The number of halogens is 1. The lowest BCUT2D eigenvalue weighted by molar-refractivity contribution is 0.0492. The van der Waals surface area contributed by atoms with Crippen molar-refractivity contribution in [3.8, 4) is 0 Å². The number of nitrogens with zero attached hydrogens (tertiary/aromatic N) is 3. The fourth-order valence-electron chi connectivity index (χ4n) is 2.99. The van der Waals surface area contributed by atoms with Crippen LogP contribution in [0.25, 0.3) is 5.65 Å². The van der Waals surface area contributed by atoms with E-state index in [4.69, 9.17) is 4.74 Å². The van der Waals surface area contributed by atoms with Gasteiger partial charge in [0.2, 0.25) is 0 Å². The molecule has 1 aliphatic carbocycles. The quantitative estimate of drug-likeness (QED) is 0.806. The normalized spacial score (nSPS) is 21.1. The van der Waals surface area contributed by atoms with Crippen molar-refractivity contribution in [2.45, 2.75) is 64.1 Å². The van der Waals surface area contributed by atoms with Crippen molar-refractivity contribution in [1.29, 1.82) is 0 Å². The van der Waals surface area contributed by atoms with E-state index in [9.17, 15) is 4.79 Å². The van der Waals surface area contributed by atoms with Gasteiger partial charge in [-0.05, 0) is 74.5 Å². The van der Waals surface area contributed by atoms with Gasteiger partial charge in [0, 0.05) is 12.1 Å². The zero-order chi connectivity index (χ0) is 18.0. The predicted molar refractivity (Wildman–Crippen MR) is 99.7 cm³/mol. The van der Waals surface area contributed by atoms with E-state index in [0.29, 0.717) is 6.04 Å². The molecule has 7 nitrogen and oxygen atoms in total. The maximum absolute atomic E-state index is 11.9. The Hall–Kier alpha value is -1.83. The van der Waals surface area contributed by atoms with Crippen LogP contribution in [0.1, 0.15) is 46.5 Å². The summed E-state index contributed by atoms with van der Waals surface area (Å²) in [6.07, 6.45) is 5.21. The van der Waals surface area contributed by atoms with E-state index in [-0.39, 0.29) is 12.1 Å². The second-order valence-electron chi connectivity index (χ2n) is 7.41. The number of nitrogens with one attached hydrogen (secondary N) is 2. The molecule has 8 heteroatoms. The topological polar surface area (TPSA) is 80.5 Å². The molecule has 0 aromatic carbocycles. The van der Waals surface area contributed by atoms with Gasteiger partial charge in [0.05, 0.1) is 6.20 Å². The van der Waals surface area contributed by atoms with Gasteiger partial charge in [0.25, 0.3) is 0 Å². The summed E-state index contributed by atoms with van der Waals surface area (Å²) >= 11 is 3.44. The molecular formula is C17H24BrN5O2. The molecule has 0 bridgehead atoms. The van der Waals surface area contributed by atoms with Crippen LogP contribution >= 0.6 is 15.9 Å². The summed E-state index contributed by atoms with van der Waals surface area (Å²) in [6.45, 7) is 5.61. The van der Waals surface area contributed by atoms with Crippen LogP contribution in [0.5, 0.6) is 0 Å².